The van der Waals surface area contributed by atoms with Gasteiger partial charge in [0.25, 0.3) is 0 Å². The average Bonchev–Trinajstić information content (AvgIpc) is 1.88. The van der Waals surface area contributed by atoms with E-state index >= 15 is 0 Å². The van der Waals surface area contributed by atoms with Crippen molar-refractivity contribution in [3.05, 3.63) is 0 Å². The number of rotatable bonds is 5. The van der Waals surface area contributed by atoms with Gasteiger partial charge >= 0.3 is 0 Å². The molecule has 11 heavy (non-hydrogen) atoms. The number of hydrogen-bond donors (Lipinski definition) is 0. The Kier molecular flexibility index (Phi) is 5.36. The van der Waals surface area contributed by atoms with Gasteiger partial charge in [-0.25, -0.2) is 0 Å². The van der Waals surface area contributed by atoms with Crippen molar-refractivity contribution in [1.29, 1.82) is 0 Å². The molecule has 0 aliphatic heterocycles. The van der Waals surface area contributed by atoms with Crippen LogP contribution < -0.4 is 0 Å². The smallest absolute Gasteiger partial charge is 0.0787 e. The molecule has 1 nitrogen and oxygen atoms in total. The number of hydrogen-bond acceptors (Lipinski definition) is 1. The van der Waals surface area contributed by atoms with Gasteiger partial charge in [-0.05, 0) is 6.42 Å². The SMILES string of the molecule is C#CCC(Cl)(CCC)COC. The Morgan fingerprint density at radius 1 is 1.64 bits per heavy atom. The summed E-state index contributed by atoms with van der Waals surface area (Å²) in [6.45, 7) is 2.62. The Morgan fingerprint density at radius 3 is 2.64 bits per heavy atom. The zero-order valence-corrected chi connectivity index (χ0v) is 7.95. The van der Waals surface area contributed by atoms with Crippen LogP contribution in [0.5, 0.6) is 0 Å². The lowest BCUT2D eigenvalue weighted by Crippen LogP contribution is -2.26. The maximum absolute atomic E-state index is 6.17. The summed E-state index contributed by atoms with van der Waals surface area (Å²) in [5.74, 6) is 2.57. The lowest BCUT2D eigenvalue weighted by molar-refractivity contribution is 0.161. The molecular formula is C9H15ClO. The van der Waals surface area contributed by atoms with E-state index < -0.39 is 0 Å². The van der Waals surface area contributed by atoms with Gasteiger partial charge in [-0.15, -0.1) is 23.9 Å². The van der Waals surface area contributed by atoms with Gasteiger partial charge in [-0.3, -0.25) is 0 Å². The molecule has 0 heterocycles. The molecule has 1 unspecified atom stereocenters. The lowest BCUT2D eigenvalue weighted by Gasteiger charge is -2.22. The van der Waals surface area contributed by atoms with Crippen molar-refractivity contribution in [2.75, 3.05) is 13.7 Å². The fraction of sp³-hybridized carbons (Fsp3) is 0.778. The predicted molar refractivity (Wildman–Crippen MR) is 48.8 cm³/mol. The highest BCUT2D eigenvalue weighted by atomic mass is 35.5. The highest BCUT2D eigenvalue weighted by Gasteiger charge is 2.24. The van der Waals surface area contributed by atoms with Crippen LogP contribution in [0.15, 0.2) is 0 Å². The van der Waals surface area contributed by atoms with Gasteiger partial charge in [0.05, 0.1) is 11.5 Å². The van der Waals surface area contributed by atoms with Gasteiger partial charge in [0.2, 0.25) is 0 Å². The molecule has 0 aliphatic carbocycles. The van der Waals surface area contributed by atoms with Gasteiger partial charge in [-0.2, -0.15) is 0 Å². The van der Waals surface area contributed by atoms with E-state index in [0.29, 0.717) is 13.0 Å². The maximum Gasteiger partial charge on any atom is 0.0787 e. The van der Waals surface area contributed by atoms with Crippen molar-refractivity contribution in [2.24, 2.45) is 0 Å². The molecule has 0 saturated carbocycles. The first kappa shape index (κ1) is 10.8. The van der Waals surface area contributed by atoms with E-state index in [1.54, 1.807) is 7.11 Å². The van der Waals surface area contributed by atoms with E-state index in [9.17, 15) is 0 Å². The highest BCUT2D eigenvalue weighted by Crippen LogP contribution is 2.25. The topological polar surface area (TPSA) is 9.23 Å². The molecule has 0 saturated heterocycles. The Bertz CT molecular complexity index is 131. The lowest BCUT2D eigenvalue weighted by atomic mass is 10.0. The third-order valence-electron chi connectivity index (χ3n) is 1.52. The molecule has 0 rings (SSSR count). The molecule has 0 bridgehead atoms. The van der Waals surface area contributed by atoms with Crippen LogP contribution in [0.3, 0.4) is 0 Å². The first-order valence-corrected chi connectivity index (χ1v) is 4.17. The zero-order chi connectivity index (χ0) is 8.74. The molecular weight excluding hydrogens is 160 g/mol. The van der Waals surface area contributed by atoms with E-state index in [2.05, 4.69) is 12.8 Å². The molecule has 0 amide bonds. The first-order valence-electron chi connectivity index (χ1n) is 3.80. The molecule has 0 aromatic carbocycles. The number of methoxy groups -OCH3 is 1. The quantitative estimate of drug-likeness (QED) is 0.460. The minimum atomic E-state index is -0.335. The maximum atomic E-state index is 6.17. The van der Waals surface area contributed by atoms with Crippen molar-refractivity contribution in [2.45, 2.75) is 31.1 Å². The second kappa shape index (κ2) is 5.46. The van der Waals surface area contributed by atoms with E-state index in [1.165, 1.54) is 0 Å². The molecule has 0 fully saturated rings. The van der Waals surface area contributed by atoms with Crippen LogP contribution in [0.25, 0.3) is 0 Å². The van der Waals surface area contributed by atoms with E-state index in [4.69, 9.17) is 22.8 Å². The average molecular weight is 175 g/mol. The van der Waals surface area contributed by atoms with Gasteiger partial charge in [0.1, 0.15) is 0 Å². The molecule has 0 N–H and O–H groups in total. The summed E-state index contributed by atoms with van der Waals surface area (Å²) in [7, 11) is 1.64. The molecule has 0 aromatic rings. The third kappa shape index (κ3) is 4.29. The second-order valence-electron chi connectivity index (χ2n) is 2.71. The number of alkyl halides is 1. The second-order valence-corrected chi connectivity index (χ2v) is 3.52. The Balaban J connectivity index is 3.92. The minimum Gasteiger partial charge on any atom is -0.383 e. The van der Waals surface area contributed by atoms with Crippen molar-refractivity contribution >= 4 is 11.6 Å². The monoisotopic (exact) mass is 174 g/mol. The van der Waals surface area contributed by atoms with Crippen molar-refractivity contribution < 1.29 is 4.74 Å². The fourth-order valence-corrected chi connectivity index (χ4v) is 1.48. The molecule has 2 heteroatoms. The van der Waals surface area contributed by atoms with Crippen LogP contribution in [0.1, 0.15) is 26.2 Å². The molecule has 0 aliphatic rings. The summed E-state index contributed by atoms with van der Waals surface area (Å²) in [6.07, 6.45) is 7.71. The summed E-state index contributed by atoms with van der Waals surface area (Å²) in [5.41, 5.74) is 0. The van der Waals surface area contributed by atoms with Gasteiger partial charge in [-0.1, -0.05) is 13.3 Å². The van der Waals surface area contributed by atoms with E-state index in [1.807, 2.05) is 0 Å². The van der Waals surface area contributed by atoms with Crippen molar-refractivity contribution in [3.63, 3.8) is 0 Å². The van der Waals surface area contributed by atoms with Crippen LogP contribution in [0, 0.1) is 12.3 Å². The summed E-state index contributed by atoms with van der Waals surface area (Å²) < 4.78 is 4.98. The van der Waals surface area contributed by atoms with Gasteiger partial charge < -0.3 is 4.74 Å². The normalized spacial score (nSPS) is 15.5. The molecule has 0 spiro atoms. The largest absolute Gasteiger partial charge is 0.383 e. The van der Waals surface area contributed by atoms with Crippen molar-refractivity contribution in [3.8, 4) is 12.3 Å². The van der Waals surface area contributed by atoms with Crippen LogP contribution >= 0.6 is 11.6 Å². The Hall–Kier alpha value is -0.190. The Morgan fingerprint density at radius 2 is 2.27 bits per heavy atom. The third-order valence-corrected chi connectivity index (χ3v) is 1.95. The minimum absolute atomic E-state index is 0.335. The summed E-state index contributed by atoms with van der Waals surface area (Å²) in [5, 5.41) is 0. The number of halogens is 1. The van der Waals surface area contributed by atoms with Crippen LogP contribution in [0.2, 0.25) is 0 Å². The molecule has 64 valence electrons. The standard InChI is InChI=1S/C9H15ClO/c1-4-6-9(10,7-5-2)8-11-3/h1H,5-8H2,2-3H3. The summed E-state index contributed by atoms with van der Waals surface area (Å²) in [6, 6.07) is 0. The Labute approximate surface area is 74.1 Å². The highest BCUT2D eigenvalue weighted by molar-refractivity contribution is 6.24. The molecule has 1 atom stereocenters. The molecule has 0 aromatic heterocycles. The van der Waals surface area contributed by atoms with Crippen LogP contribution in [-0.4, -0.2) is 18.6 Å². The van der Waals surface area contributed by atoms with Crippen LogP contribution in [0.4, 0.5) is 0 Å². The van der Waals surface area contributed by atoms with E-state index in [0.717, 1.165) is 12.8 Å². The van der Waals surface area contributed by atoms with Gasteiger partial charge in [0, 0.05) is 13.5 Å². The number of terminal acetylenes is 1. The fourth-order valence-electron chi connectivity index (χ4n) is 1.10. The van der Waals surface area contributed by atoms with Gasteiger partial charge in [0.15, 0.2) is 0 Å². The van der Waals surface area contributed by atoms with E-state index in [-0.39, 0.29) is 4.87 Å². The molecule has 0 radical (unpaired) electrons. The van der Waals surface area contributed by atoms with Crippen LogP contribution in [-0.2, 0) is 4.74 Å². The zero-order valence-electron chi connectivity index (χ0n) is 7.19. The predicted octanol–water partition coefficient (Wildman–Crippen LogP) is 2.43. The summed E-state index contributed by atoms with van der Waals surface area (Å²) in [4.78, 5) is -0.335. The van der Waals surface area contributed by atoms with Crippen molar-refractivity contribution in [1.82, 2.24) is 0 Å². The first-order chi connectivity index (χ1) is 5.18. The number of ether oxygens (including phenoxy) is 1. The summed E-state index contributed by atoms with van der Waals surface area (Å²) >= 11 is 6.17.